The van der Waals surface area contributed by atoms with Crippen LogP contribution in [0, 0.1) is 0 Å². The Morgan fingerprint density at radius 3 is 2.96 bits per heavy atom. The van der Waals surface area contributed by atoms with Crippen LogP contribution in [-0.2, 0) is 6.54 Å². The minimum atomic E-state index is 0.547. The van der Waals surface area contributed by atoms with Crippen LogP contribution in [0.25, 0.3) is 22.6 Å². The van der Waals surface area contributed by atoms with Gasteiger partial charge in [-0.1, -0.05) is 17.7 Å². The Morgan fingerprint density at radius 2 is 2.12 bits per heavy atom. The molecule has 0 atom stereocenters. The number of rotatable bonds is 4. The summed E-state index contributed by atoms with van der Waals surface area (Å²) < 4.78 is 6.36. The highest BCUT2D eigenvalue weighted by Crippen LogP contribution is 2.27. The van der Waals surface area contributed by atoms with Crippen molar-refractivity contribution in [1.82, 2.24) is 9.97 Å². The van der Waals surface area contributed by atoms with E-state index in [1.807, 2.05) is 30.3 Å². The van der Waals surface area contributed by atoms with Gasteiger partial charge in [0.15, 0.2) is 10.0 Å². The number of hydrogen-bond acceptors (Lipinski definition) is 6. The number of aromatic nitrogens is 2. The van der Waals surface area contributed by atoms with E-state index >= 15 is 0 Å². The molecule has 0 amide bonds. The zero-order chi connectivity index (χ0) is 16.5. The van der Waals surface area contributed by atoms with Crippen molar-refractivity contribution in [2.24, 2.45) is 0 Å². The number of thiazole rings is 1. The quantitative estimate of drug-likeness (QED) is 0.513. The van der Waals surface area contributed by atoms with Gasteiger partial charge in [0, 0.05) is 28.0 Å². The van der Waals surface area contributed by atoms with Crippen LogP contribution >= 0.6 is 22.9 Å². The third-order valence-electron chi connectivity index (χ3n) is 3.51. The molecule has 5 nitrogen and oxygen atoms in total. The van der Waals surface area contributed by atoms with Crippen LogP contribution in [0.4, 0.5) is 11.4 Å². The van der Waals surface area contributed by atoms with E-state index in [1.54, 1.807) is 18.3 Å². The first kappa shape index (κ1) is 15.0. The maximum atomic E-state index is 5.85. The van der Waals surface area contributed by atoms with Crippen molar-refractivity contribution in [3.8, 4) is 11.5 Å². The summed E-state index contributed by atoms with van der Waals surface area (Å²) in [6, 6.07) is 13.3. The van der Waals surface area contributed by atoms with E-state index in [9.17, 15) is 0 Å². The minimum absolute atomic E-state index is 0.547. The number of benzene rings is 2. The number of anilines is 2. The largest absolute Gasteiger partial charge is 0.436 e. The SMILES string of the molecule is Nc1ccc2oc(-c3cccc(NCc4cnc(Cl)s4)c3)nc2c1. The number of hydrogen-bond donors (Lipinski definition) is 2. The molecule has 0 bridgehead atoms. The molecular weight excluding hydrogens is 344 g/mol. The average molecular weight is 357 g/mol. The fourth-order valence-electron chi connectivity index (χ4n) is 2.38. The monoisotopic (exact) mass is 356 g/mol. The first-order valence-corrected chi connectivity index (χ1v) is 8.47. The molecule has 4 aromatic rings. The van der Waals surface area contributed by atoms with Crippen LogP contribution in [-0.4, -0.2) is 9.97 Å². The Balaban J connectivity index is 1.58. The van der Waals surface area contributed by atoms with Crippen molar-refractivity contribution in [3.63, 3.8) is 0 Å². The van der Waals surface area contributed by atoms with Crippen LogP contribution in [0.5, 0.6) is 0 Å². The summed E-state index contributed by atoms with van der Waals surface area (Å²) in [6.45, 7) is 0.665. The van der Waals surface area contributed by atoms with Gasteiger partial charge in [0.1, 0.15) is 5.52 Å². The molecule has 2 heterocycles. The predicted octanol–water partition coefficient (Wildman–Crippen LogP) is 4.80. The molecule has 0 saturated heterocycles. The third-order valence-corrected chi connectivity index (χ3v) is 4.63. The molecule has 0 saturated carbocycles. The van der Waals surface area contributed by atoms with E-state index < -0.39 is 0 Å². The number of nitrogens with zero attached hydrogens (tertiary/aromatic N) is 2. The van der Waals surface area contributed by atoms with Gasteiger partial charge in [0.05, 0.1) is 6.54 Å². The van der Waals surface area contributed by atoms with Gasteiger partial charge in [-0.25, -0.2) is 9.97 Å². The van der Waals surface area contributed by atoms with Gasteiger partial charge in [-0.15, -0.1) is 11.3 Å². The van der Waals surface area contributed by atoms with Gasteiger partial charge in [-0.2, -0.15) is 0 Å². The molecule has 120 valence electrons. The van der Waals surface area contributed by atoms with E-state index in [1.165, 1.54) is 11.3 Å². The number of fused-ring (bicyclic) bond motifs is 1. The lowest BCUT2D eigenvalue weighted by Gasteiger charge is -2.05. The normalized spacial score (nSPS) is 11.0. The van der Waals surface area contributed by atoms with E-state index in [4.69, 9.17) is 21.8 Å². The molecule has 4 rings (SSSR count). The number of nitrogens with one attached hydrogen (secondary N) is 1. The van der Waals surface area contributed by atoms with E-state index in [0.29, 0.717) is 22.6 Å². The van der Waals surface area contributed by atoms with Crippen molar-refractivity contribution >= 4 is 45.4 Å². The molecular formula is C17H13ClN4OS. The Morgan fingerprint density at radius 1 is 1.21 bits per heavy atom. The van der Waals surface area contributed by atoms with Gasteiger partial charge in [0.2, 0.25) is 5.89 Å². The van der Waals surface area contributed by atoms with Gasteiger partial charge < -0.3 is 15.5 Å². The van der Waals surface area contributed by atoms with Crippen molar-refractivity contribution < 1.29 is 4.42 Å². The van der Waals surface area contributed by atoms with E-state index in [2.05, 4.69) is 15.3 Å². The summed E-state index contributed by atoms with van der Waals surface area (Å²) in [5, 5.41) is 3.35. The van der Waals surface area contributed by atoms with Crippen LogP contribution in [0.1, 0.15) is 4.88 Å². The summed E-state index contributed by atoms with van der Waals surface area (Å²) in [6.07, 6.45) is 1.77. The molecule has 24 heavy (non-hydrogen) atoms. The molecule has 0 aliphatic rings. The Bertz CT molecular complexity index is 1010. The zero-order valence-electron chi connectivity index (χ0n) is 12.5. The summed E-state index contributed by atoms with van der Waals surface area (Å²) in [4.78, 5) is 9.61. The summed E-state index contributed by atoms with van der Waals surface area (Å²) in [5.41, 5.74) is 9.80. The second kappa shape index (κ2) is 6.14. The number of nitrogens with two attached hydrogens (primary N) is 1. The molecule has 0 spiro atoms. The fraction of sp³-hybridized carbons (Fsp3) is 0.0588. The highest BCUT2D eigenvalue weighted by Gasteiger charge is 2.09. The molecule has 2 aromatic heterocycles. The lowest BCUT2D eigenvalue weighted by Crippen LogP contribution is -1.97. The van der Waals surface area contributed by atoms with Crippen LogP contribution in [0.15, 0.2) is 53.1 Å². The fourth-order valence-corrected chi connectivity index (χ4v) is 3.30. The molecule has 7 heteroatoms. The molecule has 2 aromatic carbocycles. The highest BCUT2D eigenvalue weighted by molar-refractivity contribution is 7.15. The maximum absolute atomic E-state index is 5.85. The maximum Gasteiger partial charge on any atom is 0.227 e. The van der Waals surface area contributed by atoms with Gasteiger partial charge in [0.25, 0.3) is 0 Å². The number of oxazole rings is 1. The Labute approximate surface area is 147 Å². The molecule has 0 unspecified atom stereocenters. The van der Waals surface area contributed by atoms with Crippen molar-refractivity contribution in [1.29, 1.82) is 0 Å². The molecule has 0 radical (unpaired) electrons. The van der Waals surface area contributed by atoms with Gasteiger partial charge in [-0.3, -0.25) is 0 Å². The second-order valence-electron chi connectivity index (χ2n) is 5.26. The highest BCUT2D eigenvalue weighted by atomic mass is 35.5. The van der Waals surface area contributed by atoms with Crippen molar-refractivity contribution in [2.45, 2.75) is 6.54 Å². The van der Waals surface area contributed by atoms with Crippen molar-refractivity contribution in [3.05, 3.63) is 58.0 Å². The molecule has 0 aliphatic carbocycles. The molecule has 0 fully saturated rings. The van der Waals surface area contributed by atoms with Gasteiger partial charge >= 0.3 is 0 Å². The summed E-state index contributed by atoms with van der Waals surface area (Å²) in [5.74, 6) is 0.570. The summed E-state index contributed by atoms with van der Waals surface area (Å²) in [7, 11) is 0. The summed E-state index contributed by atoms with van der Waals surface area (Å²) >= 11 is 7.31. The smallest absolute Gasteiger partial charge is 0.227 e. The van der Waals surface area contributed by atoms with E-state index in [-0.39, 0.29) is 0 Å². The number of halogens is 1. The Kier molecular flexibility index (Phi) is 3.84. The average Bonchev–Trinajstić information content (AvgIpc) is 3.19. The lowest BCUT2D eigenvalue weighted by molar-refractivity contribution is 0.620. The second-order valence-corrected chi connectivity index (χ2v) is 6.96. The van der Waals surface area contributed by atoms with Crippen LogP contribution in [0.3, 0.4) is 0 Å². The van der Waals surface area contributed by atoms with E-state index in [0.717, 1.165) is 27.2 Å². The Hall–Kier alpha value is -2.57. The third kappa shape index (κ3) is 3.06. The number of nitrogen functional groups attached to an aromatic ring is 1. The molecule has 3 N–H and O–H groups in total. The predicted molar refractivity (Wildman–Crippen MR) is 98.3 cm³/mol. The topological polar surface area (TPSA) is 77.0 Å². The van der Waals surface area contributed by atoms with Crippen molar-refractivity contribution in [2.75, 3.05) is 11.1 Å². The standard InChI is InChI=1S/C17H13ClN4OS/c18-17-21-9-13(24-17)8-20-12-3-1-2-10(6-12)16-22-14-7-11(19)4-5-15(14)23-16/h1-7,9,20H,8,19H2. The zero-order valence-corrected chi connectivity index (χ0v) is 14.1. The first-order chi connectivity index (χ1) is 11.7. The minimum Gasteiger partial charge on any atom is -0.436 e. The van der Waals surface area contributed by atoms with Crippen LogP contribution < -0.4 is 11.1 Å². The first-order valence-electron chi connectivity index (χ1n) is 7.28. The molecule has 0 aliphatic heterocycles. The lowest BCUT2D eigenvalue weighted by atomic mass is 10.2. The van der Waals surface area contributed by atoms with Gasteiger partial charge in [-0.05, 0) is 36.4 Å². The van der Waals surface area contributed by atoms with Crippen LogP contribution in [0.2, 0.25) is 4.47 Å².